The van der Waals surface area contributed by atoms with Gasteiger partial charge in [-0.3, -0.25) is 0 Å². The van der Waals surface area contributed by atoms with Gasteiger partial charge >= 0.3 is 0 Å². The molecule has 3 aromatic heterocycles. The molecule has 116 valence electrons. The molecule has 0 amide bonds. The predicted molar refractivity (Wildman–Crippen MR) is 90.5 cm³/mol. The van der Waals surface area contributed by atoms with E-state index in [1.807, 2.05) is 24.7 Å². The van der Waals surface area contributed by atoms with Gasteiger partial charge in [-0.05, 0) is 25.5 Å². The number of nitrogens with zero attached hydrogens (tertiary/aromatic N) is 4. The number of imidazole rings is 1. The summed E-state index contributed by atoms with van der Waals surface area (Å²) in [7, 11) is 3.77. The molecule has 6 nitrogen and oxygen atoms in total. The summed E-state index contributed by atoms with van der Waals surface area (Å²) >= 11 is 0. The topological polar surface area (TPSA) is 68.8 Å². The van der Waals surface area contributed by atoms with Crippen LogP contribution in [0.3, 0.4) is 0 Å². The number of hydrogen-bond donors (Lipinski definition) is 1. The molecule has 0 aliphatic rings. The zero-order chi connectivity index (χ0) is 16.1. The number of benzene rings is 1. The molecule has 4 rings (SSSR count). The summed E-state index contributed by atoms with van der Waals surface area (Å²) in [5, 5.41) is 3.07. The third-order valence-electron chi connectivity index (χ3n) is 4.06. The van der Waals surface area contributed by atoms with Gasteiger partial charge in [0.1, 0.15) is 11.0 Å². The Morgan fingerprint density at radius 1 is 1.13 bits per heavy atom. The first-order chi connectivity index (χ1) is 11.1. The first-order valence-corrected chi connectivity index (χ1v) is 7.45. The summed E-state index contributed by atoms with van der Waals surface area (Å²) in [4.78, 5) is 13.6. The molecule has 0 aliphatic heterocycles. The molecule has 1 N–H and O–H groups in total. The van der Waals surface area contributed by atoms with Crippen LogP contribution >= 0.6 is 0 Å². The molecule has 3 heterocycles. The number of aromatic nitrogens is 4. The van der Waals surface area contributed by atoms with Gasteiger partial charge in [0, 0.05) is 19.7 Å². The van der Waals surface area contributed by atoms with E-state index in [-0.39, 0.29) is 0 Å². The van der Waals surface area contributed by atoms with Crippen LogP contribution < -0.4 is 5.32 Å². The van der Waals surface area contributed by atoms with Gasteiger partial charge in [0.2, 0.25) is 5.89 Å². The van der Waals surface area contributed by atoms with Crippen LogP contribution in [0, 0.1) is 13.8 Å². The Balaban J connectivity index is 2.04. The number of fused-ring (bicyclic) bond motifs is 3. The quantitative estimate of drug-likeness (QED) is 0.614. The van der Waals surface area contributed by atoms with Crippen molar-refractivity contribution in [2.24, 2.45) is 7.05 Å². The second-order valence-electron chi connectivity index (χ2n) is 5.75. The van der Waals surface area contributed by atoms with Crippen molar-refractivity contribution in [3.63, 3.8) is 0 Å². The fraction of sp³-hybridized carbons (Fsp3) is 0.235. The van der Waals surface area contributed by atoms with Crippen LogP contribution in [0.25, 0.3) is 33.7 Å². The minimum Gasteiger partial charge on any atom is -0.418 e. The maximum Gasteiger partial charge on any atom is 0.251 e. The van der Waals surface area contributed by atoms with Gasteiger partial charge in [-0.1, -0.05) is 17.7 Å². The lowest BCUT2D eigenvalue weighted by Crippen LogP contribution is -1.95. The van der Waals surface area contributed by atoms with Crippen molar-refractivity contribution < 1.29 is 4.42 Å². The number of hydrogen-bond acceptors (Lipinski definition) is 5. The summed E-state index contributed by atoms with van der Waals surface area (Å²) in [5.74, 6) is 1.28. The van der Waals surface area contributed by atoms with Crippen LogP contribution in [-0.2, 0) is 7.05 Å². The lowest BCUT2D eigenvalue weighted by Gasteiger charge is -2.01. The maximum absolute atomic E-state index is 5.95. The van der Waals surface area contributed by atoms with E-state index in [0.29, 0.717) is 17.4 Å². The molecule has 4 aromatic rings. The Labute approximate surface area is 133 Å². The smallest absolute Gasteiger partial charge is 0.251 e. The summed E-state index contributed by atoms with van der Waals surface area (Å²) in [6, 6.07) is 6.22. The molecular formula is C17H17N5O. The minimum absolute atomic E-state index is 0.514. The third-order valence-corrected chi connectivity index (χ3v) is 4.06. The standard InChI is InChI=1S/C17H17N5O/c1-9-5-6-11(10(2)7-9)16-20-13-14-12(19-8-22(14)4)15(18-3)21-17(13)23-16/h5-8H,1-4H3,(H,18,21). The number of anilines is 1. The van der Waals surface area contributed by atoms with Gasteiger partial charge in [0.05, 0.1) is 6.33 Å². The molecule has 1 aromatic carbocycles. The van der Waals surface area contributed by atoms with E-state index in [0.717, 1.165) is 27.7 Å². The van der Waals surface area contributed by atoms with Crippen molar-refractivity contribution in [2.45, 2.75) is 13.8 Å². The molecular weight excluding hydrogens is 290 g/mol. The van der Waals surface area contributed by atoms with Gasteiger partial charge in [-0.15, -0.1) is 0 Å². The largest absolute Gasteiger partial charge is 0.418 e. The summed E-state index contributed by atoms with van der Waals surface area (Å²) in [6.07, 6.45) is 1.76. The second-order valence-corrected chi connectivity index (χ2v) is 5.75. The molecule has 0 bridgehead atoms. The van der Waals surface area contributed by atoms with Crippen LogP contribution in [0.1, 0.15) is 11.1 Å². The van der Waals surface area contributed by atoms with Gasteiger partial charge in [-0.2, -0.15) is 4.98 Å². The SMILES string of the molecule is CNc1nc2oc(-c3ccc(C)cc3C)nc2c2c1ncn2C. The number of nitrogens with one attached hydrogen (secondary N) is 1. The van der Waals surface area contributed by atoms with E-state index < -0.39 is 0 Å². The van der Waals surface area contributed by atoms with Crippen LogP contribution in [0.15, 0.2) is 28.9 Å². The van der Waals surface area contributed by atoms with Gasteiger partial charge < -0.3 is 14.3 Å². The fourth-order valence-electron chi connectivity index (χ4n) is 2.92. The normalized spacial score (nSPS) is 11.5. The highest BCUT2D eigenvalue weighted by Gasteiger charge is 2.19. The van der Waals surface area contributed by atoms with E-state index in [2.05, 4.69) is 41.3 Å². The summed E-state index contributed by atoms with van der Waals surface area (Å²) < 4.78 is 7.89. The predicted octanol–water partition coefficient (Wildman–Crippen LogP) is 3.44. The molecule has 23 heavy (non-hydrogen) atoms. The summed E-state index contributed by atoms with van der Waals surface area (Å²) in [5.41, 5.74) is 6.28. The third kappa shape index (κ3) is 1.98. The molecule has 0 aliphatic carbocycles. The molecule has 0 unspecified atom stereocenters. The van der Waals surface area contributed by atoms with E-state index in [9.17, 15) is 0 Å². The van der Waals surface area contributed by atoms with Crippen LogP contribution in [0.2, 0.25) is 0 Å². The van der Waals surface area contributed by atoms with Gasteiger partial charge in [0.25, 0.3) is 5.71 Å². The number of pyridine rings is 1. The van der Waals surface area contributed by atoms with E-state index in [4.69, 9.17) is 9.40 Å². The van der Waals surface area contributed by atoms with Gasteiger partial charge in [0.15, 0.2) is 11.3 Å². The van der Waals surface area contributed by atoms with Crippen LogP contribution in [0.4, 0.5) is 5.82 Å². The zero-order valence-corrected chi connectivity index (χ0v) is 13.5. The highest BCUT2D eigenvalue weighted by molar-refractivity contribution is 6.03. The van der Waals surface area contributed by atoms with Crippen LogP contribution in [0.5, 0.6) is 0 Å². The monoisotopic (exact) mass is 307 g/mol. The van der Waals surface area contributed by atoms with Crippen molar-refractivity contribution in [3.8, 4) is 11.5 Å². The second kappa shape index (κ2) is 4.81. The number of rotatable bonds is 2. The Bertz CT molecular complexity index is 1040. The van der Waals surface area contributed by atoms with Crippen LogP contribution in [-0.4, -0.2) is 26.6 Å². The van der Waals surface area contributed by atoms with Crippen molar-refractivity contribution in [2.75, 3.05) is 12.4 Å². The Kier molecular flexibility index (Phi) is 2.87. The first kappa shape index (κ1) is 13.8. The minimum atomic E-state index is 0.514. The Morgan fingerprint density at radius 3 is 2.70 bits per heavy atom. The van der Waals surface area contributed by atoms with E-state index in [1.165, 1.54) is 5.56 Å². The molecule has 6 heteroatoms. The van der Waals surface area contributed by atoms with Crippen molar-refractivity contribution in [1.29, 1.82) is 0 Å². The molecule has 0 saturated heterocycles. The Hall–Kier alpha value is -2.89. The average molecular weight is 307 g/mol. The number of aryl methyl sites for hydroxylation is 3. The lowest BCUT2D eigenvalue weighted by molar-refractivity contribution is 0.608. The number of oxazole rings is 1. The highest BCUT2D eigenvalue weighted by atomic mass is 16.4. The fourth-order valence-corrected chi connectivity index (χ4v) is 2.92. The van der Waals surface area contributed by atoms with Crippen molar-refractivity contribution in [3.05, 3.63) is 35.7 Å². The molecule has 0 radical (unpaired) electrons. The molecule has 0 saturated carbocycles. The summed E-state index contributed by atoms with van der Waals surface area (Å²) in [6.45, 7) is 4.13. The maximum atomic E-state index is 5.95. The molecule has 0 spiro atoms. The van der Waals surface area contributed by atoms with E-state index in [1.54, 1.807) is 6.33 Å². The van der Waals surface area contributed by atoms with Crippen molar-refractivity contribution >= 4 is 28.1 Å². The van der Waals surface area contributed by atoms with Crippen molar-refractivity contribution in [1.82, 2.24) is 19.5 Å². The highest BCUT2D eigenvalue weighted by Crippen LogP contribution is 2.32. The molecule has 0 atom stereocenters. The average Bonchev–Trinajstić information content (AvgIpc) is 3.10. The Morgan fingerprint density at radius 2 is 1.96 bits per heavy atom. The first-order valence-electron chi connectivity index (χ1n) is 7.45. The zero-order valence-electron chi connectivity index (χ0n) is 13.5. The van der Waals surface area contributed by atoms with Gasteiger partial charge in [-0.25, -0.2) is 9.97 Å². The van der Waals surface area contributed by atoms with E-state index >= 15 is 0 Å². The molecule has 0 fully saturated rings. The lowest BCUT2D eigenvalue weighted by atomic mass is 10.1.